The third-order valence-electron chi connectivity index (χ3n) is 8.18. The van der Waals surface area contributed by atoms with Crippen molar-refractivity contribution >= 4 is 5.78 Å². The number of hydrogen-bond acceptors (Lipinski definition) is 1. The lowest BCUT2D eigenvalue weighted by Gasteiger charge is -2.63. The van der Waals surface area contributed by atoms with Crippen LogP contribution >= 0.6 is 0 Å². The highest BCUT2D eigenvalue weighted by Crippen LogP contribution is 2.70. The molecule has 1 heteroatoms. The van der Waals surface area contributed by atoms with Crippen molar-refractivity contribution in [1.29, 1.82) is 0 Å². The molecule has 0 aromatic heterocycles. The van der Waals surface area contributed by atoms with Crippen LogP contribution in [0, 0.1) is 33.5 Å². The molecule has 0 N–H and O–H groups in total. The standard InChI is InChI=1S/C20H30O/c1-17(2)8-5-9-19(4)14(17)7-11-20-13-12-18(3,16(20)21)10-6-15(19)20/h12-15H,5-11H2,1-4H3/t14-,15+,18-,19-,20-/m0/s1. The Morgan fingerprint density at radius 2 is 1.62 bits per heavy atom. The molecule has 4 rings (SSSR count). The summed E-state index contributed by atoms with van der Waals surface area (Å²) in [5.74, 6) is 1.97. The van der Waals surface area contributed by atoms with E-state index in [0.717, 1.165) is 18.8 Å². The molecule has 5 atom stereocenters. The second-order valence-electron chi connectivity index (χ2n) is 9.65. The molecule has 0 aromatic rings. The zero-order valence-electron chi connectivity index (χ0n) is 14.2. The molecule has 0 unspecified atom stereocenters. The maximum atomic E-state index is 13.2. The van der Waals surface area contributed by atoms with E-state index in [0.29, 0.717) is 22.5 Å². The fourth-order valence-corrected chi connectivity index (χ4v) is 7.16. The highest BCUT2D eigenvalue weighted by molar-refractivity contribution is 5.97. The molecule has 116 valence electrons. The third kappa shape index (κ3) is 1.51. The lowest BCUT2D eigenvalue weighted by molar-refractivity contribution is -0.165. The van der Waals surface area contributed by atoms with Gasteiger partial charge in [-0.3, -0.25) is 4.79 Å². The summed E-state index contributed by atoms with van der Waals surface area (Å²) >= 11 is 0. The molecule has 0 heterocycles. The van der Waals surface area contributed by atoms with Crippen LogP contribution in [0.4, 0.5) is 0 Å². The average Bonchev–Trinajstić information content (AvgIpc) is 2.57. The highest BCUT2D eigenvalue weighted by atomic mass is 16.1. The first-order chi connectivity index (χ1) is 9.75. The van der Waals surface area contributed by atoms with E-state index in [1.54, 1.807) is 0 Å². The summed E-state index contributed by atoms with van der Waals surface area (Å²) in [5.41, 5.74) is 0.613. The fourth-order valence-electron chi connectivity index (χ4n) is 7.16. The lowest BCUT2D eigenvalue weighted by Crippen LogP contribution is -2.59. The van der Waals surface area contributed by atoms with Gasteiger partial charge in [-0.05, 0) is 68.1 Å². The second-order valence-corrected chi connectivity index (χ2v) is 9.65. The van der Waals surface area contributed by atoms with Crippen LogP contribution in [-0.4, -0.2) is 5.78 Å². The number of rotatable bonds is 0. The van der Waals surface area contributed by atoms with Crippen molar-refractivity contribution in [1.82, 2.24) is 0 Å². The highest BCUT2D eigenvalue weighted by Gasteiger charge is 2.66. The van der Waals surface area contributed by atoms with Crippen LogP contribution in [0.1, 0.15) is 72.6 Å². The molecule has 0 saturated heterocycles. The molecule has 1 spiro atoms. The maximum Gasteiger partial charge on any atom is 0.152 e. The number of fused-ring (bicyclic) bond motifs is 3. The van der Waals surface area contributed by atoms with E-state index in [1.165, 1.54) is 32.1 Å². The van der Waals surface area contributed by atoms with Crippen LogP contribution in [0.25, 0.3) is 0 Å². The second kappa shape index (κ2) is 3.84. The van der Waals surface area contributed by atoms with Crippen molar-refractivity contribution in [3.8, 4) is 0 Å². The Morgan fingerprint density at radius 3 is 2.38 bits per heavy atom. The summed E-state index contributed by atoms with van der Waals surface area (Å²) in [6.45, 7) is 9.67. The SMILES string of the molecule is CC1(C)CCC[C@]2(C)[C@H]3CC[C@@]4(C)C=C[C@]3(CC[C@@H]12)C4=O. The molecule has 3 saturated carbocycles. The molecular formula is C20H30O. The average molecular weight is 286 g/mol. The van der Waals surface area contributed by atoms with Gasteiger partial charge in [-0.1, -0.05) is 39.3 Å². The van der Waals surface area contributed by atoms with Gasteiger partial charge in [-0.25, -0.2) is 0 Å². The number of carbonyl (C=O) groups is 1. The molecule has 0 aliphatic heterocycles. The van der Waals surface area contributed by atoms with Crippen molar-refractivity contribution in [2.24, 2.45) is 33.5 Å². The summed E-state index contributed by atoms with van der Waals surface area (Å²) in [6, 6.07) is 0. The van der Waals surface area contributed by atoms with Gasteiger partial charge in [-0.15, -0.1) is 0 Å². The molecular weight excluding hydrogens is 256 g/mol. The van der Waals surface area contributed by atoms with E-state index >= 15 is 0 Å². The Balaban J connectivity index is 1.80. The molecule has 2 bridgehead atoms. The van der Waals surface area contributed by atoms with Gasteiger partial charge < -0.3 is 0 Å². The van der Waals surface area contributed by atoms with Crippen molar-refractivity contribution in [3.05, 3.63) is 12.2 Å². The van der Waals surface area contributed by atoms with E-state index in [2.05, 4.69) is 39.8 Å². The van der Waals surface area contributed by atoms with Crippen LogP contribution in [-0.2, 0) is 4.79 Å². The first-order valence-electron chi connectivity index (χ1n) is 9.00. The third-order valence-corrected chi connectivity index (χ3v) is 8.18. The van der Waals surface area contributed by atoms with Gasteiger partial charge in [-0.2, -0.15) is 0 Å². The van der Waals surface area contributed by atoms with Gasteiger partial charge in [0.05, 0.1) is 5.41 Å². The quantitative estimate of drug-likeness (QED) is 0.562. The molecule has 0 radical (unpaired) electrons. The van der Waals surface area contributed by atoms with Crippen molar-refractivity contribution < 1.29 is 4.79 Å². The van der Waals surface area contributed by atoms with Gasteiger partial charge >= 0.3 is 0 Å². The van der Waals surface area contributed by atoms with Crippen LogP contribution in [0.5, 0.6) is 0 Å². The first kappa shape index (κ1) is 14.0. The molecule has 0 aromatic carbocycles. The number of carbonyl (C=O) groups excluding carboxylic acids is 1. The normalized spacial score (nSPS) is 54.2. The molecule has 3 fully saturated rings. The lowest BCUT2D eigenvalue weighted by atomic mass is 9.40. The summed E-state index contributed by atoms with van der Waals surface area (Å²) in [6.07, 6.45) is 13.4. The van der Waals surface area contributed by atoms with Gasteiger partial charge in [0.15, 0.2) is 5.78 Å². The van der Waals surface area contributed by atoms with Gasteiger partial charge in [0, 0.05) is 5.41 Å². The van der Waals surface area contributed by atoms with E-state index in [4.69, 9.17) is 0 Å². The maximum absolute atomic E-state index is 13.2. The fraction of sp³-hybridized carbons (Fsp3) is 0.850. The van der Waals surface area contributed by atoms with Gasteiger partial charge in [0.2, 0.25) is 0 Å². The van der Waals surface area contributed by atoms with E-state index < -0.39 is 0 Å². The Bertz CT molecular complexity index is 530. The minimum atomic E-state index is -0.135. The molecule has 21 heavy (non-hydrogen) atoms. The summed E-state index contributed by atoms with van der Waals surface area (Å²) in [5, 5.41) is 0. The predicted molar refractivity (Wildman–Crippen MR) is 85.9 cm³/mol. The van der Waals surface area contributed by atoms with Gasteiger partial charge in [0.1, 0.15) is 0 Å². The summed E-state index contributed by atoms with van der Waals surface area (Å²) in [4.78, 5) is 13.2. The van der Waals surface area contributed by atoms with E-state index in [-0.39, 0.29) is 10.8 Å². The van der Waals surface area contributed by atoms with E-state index in [1.807, 2.05) is 0 Å². The van der Waals surface area contributed by atoms with Crippen molar-refractivity contribution in [2.75, 3.05) is 0 Å². The van der Waals surface area contributed by atoms with Crippen LogP contribution in [0.3, 0.4) is 0 Å². The van der Waals surface area contributed by atoms with Crippen LogP contribution in [0.15, 0.2) is 12.2 Å². The molecule has 4 aliphatic carbocycles. The first-order valence-corrected chi connectivity index (χ1v) is 9.00. The van der Waals surface area contributed by atoms with Crippen LogP contribution in [0.2, 0.25) is 0 Å². The Hall–Kier alpha value is -0.590. The van der Waals surface area contributed by atoms with Crippen molar-refractivity contribution in [3.63, 3.8) is 0 Å². The number of allylic oxidation sites excluding steroid dienone is 2. The minimum Gasteiger partial charge on any atom is -0.298 e. The molecule has 1 nitrogen and oxygen atoms in total. The zero-order chi connectivity index (χ0) is 15.1. The number of hydrogen-bond donors (Lipinski definition) is 0. The number of Topliss-reactive ketones (excluding diaryl/α,β-unsaturated/α-hetero) is 1. The summed E-state index contributed by atoms with van der Waals surface area (Å²) < 4.78 is 0. The number of ketones is 1. The Morgan fingerprint density at radius 1 is 0.905 bits per heavy atom. The minimum absolute atomic E-state index is 0.0916. The topological polar surface area (TPSA) is 17.1 Å². The summed E-state index contributed by atoms with van der Waals surface area (Å²) in [7, 11) is 0. The van der Waals surface area contributed by atoms with Gasteiger partial charge in [0.25, 0.3) is 0 Å². The molecule has 4 aliphatic rings. The Kier molecular flexibility index (Phi) is 2.56. The van der Waals surface area contributed by atoms with Crippen LogP contribution < -0.4 is 0 Å². The largest absolute Gasteiger partial charge is 0.298 e. The monoisotopic (exact) mass is 286 g/mol. The van der Waals surface area contributed by atoms with Crippen molar-refractivity contribution in [2.45, 2.75) is 72.6 Å². The molecule has 0 amide bonds. The zero-order valence-corrected chi connectivity index (χ0v) is 14.2. The Labute approximate surface area is 129 Å². The smallest absolute Gasteiger partial charge is 0.152 e. The predicted octanol–water partition coefficient (Wildman–Crippen LogP) is 5.15. The van der Waals surface area contributed by atoms with E-state index in [9.17, 15) is 4.79 Å².